The van der Waals surface area contributed by atoms with Gasteiger partial charge in [-0.05, 0) is 40.5 Å². The normalized spacial score (nSPS) is 13.3. The minimum Gasteiger partial charge on any atom is -0.391 e. The van der Waals surface area contributed by atoms with Gasteiger partial charge in [-0.1, -0.05) is 6.07 Å². The van der Waals surface area contributed by atoms with E-state index in [1.165, 1.54) is 17.4 Å². The maximum Gasteiger partial charge on any atom is 0.243 e. The van der Waals surface area contributed by atoms with Crippen LogP contribution in [0.2, 0.25) is 0 Å². The molecule has 2 aromatic heterocycles. The van der Waals surface area contributed by atoms with E-state index in [1.54, 1.807) is 25.4 Å². The fraction of sp³-hybridized carbons (Fsp3) is 0.250. The Balaban J connectivity index is 2.25. The Morgan fingerprint density at radius 3 is 2.85 bits per heavy atom. The van der Waals surface area contributed by atoms with E-state index in [2.05, 4.69) is 25.6 Å². The van der Waals surface area contributed by atoms with Crippen LogP contribution in [0, 0.1) is 0 Å². The van der Waals surface area contributed by atoms with Crippen LogP contribution in [0.15, 0.2) is 39.3 Å². The summed E-state index contributed by atoms with van der Waals surface area (Å²) >= 11 is 4.42. The summed E-state index contributed by atoms with van der Waals surface area (Å²) in [6, 6.07) is 4.64. The molecule has 2 aromatic rings. The first kappa shape index (κ1) is 15.6. The number of hydrogen-bond donors (Lipinski definition) is 2. The molecule has 0 aliphatic carbocycles. The van der Waals surface area contributed by atoms with Crippen molar-refractivity contribution in [1.29, 1.82) is 0 Å². The average molecular weight is 377 g/mol. The molecule has 0 saturated heterocycles. The van der Waals surface area contributed by atoms with Gasteiger partial charge in [0.25, 0.3) is 0 Å². The van der Waals surface area contributed by atoms with E-state index >= 15 is 0 Å². The number of hydrogen-bond acceptors (Lipinski definition) is 5. The monoisotopic (exact) mass is 376 g/mol. The molecule has 1 atom stereocenters. The molecular weight excluding hydrogens is 364 g/mol. The third-order valence-electron chi connectivity index (χ3n) is 2.67. The lowest BCUT2D eigenvalue weighted by atomic mass is 10.2. The predicted octanol–water partition coefficient (Wildman–Crippen LogP) is 2.44. The molecule has 0 fully saturated rings. The topological polar surface area (TPSA) is 79.3 Å². The highest BCUT2D eigenvalue weighted by molar-refractivity contribution is 9.11. The number of aliphatic hydroxyl groups excluding tert-OH is 1. The van der Waals surface area contributed by atoms with E-state index in [4.69, 9.17) is 5.11 Å². The zero-order chi connectivity index (χ0) is 14.8. The second-order valence-electron chi connectivity index (χ2n) is 4.14. The molecule has 8 heteroatoms. The molecule has 0 saturated carbocycles. The van der Waals surface area contributed by atoms with Gasteiger partial charge in [-0.2, -0.15) is 0 Å². The fourth-order valence-corrected chi connectivity index (χ4v) is 5.43. The van der Waals surface area contributed by atoms with E-state index in [0.29, 0.717) is 8.66 Å². The number of aromatic nitrogens is 1. The molecule has 108 valence electrons. The summed E-state index contributed by atoms with van der Waals surface area (Å²) in [6.07, 6.45) is 3.25. The number of rotatable bonds is 5. The number of sulfonamides is 1. The molecule has 0 spiro atoms. The van der Waals surface area contributed by atoms with Crippen LogP contribution < -0.4 is 4.72 Å². The zero-order valence-corrected chi connectivity index (χ0v) is 13.8. The van der Waals surface area contributed by atoms with Gasteiger partial charge in [0, 0.05) is 23.3 Å². The van der Waals surface area contributed by atoms with E-state index in [0.717, 1.165) is 5.56 Å². The van der Waals surface area contributed by atoms with E-state index in [9.17, 15) is 8.42 Å². The molecule has 0 aromatic carbocycles. The van der Waals surface area contributed by atoms with Crippen molar-refractivity contribution in [2.24, 2.45) is 0 Å². The molecule has 0 radical (unpaired) electrons. The minimum atomic E-state index is -3.65. The van der Waals surface area contributed by atoms with E-state index < -0.39 is 16.1 Å². The maximum atomic E-state index is 12.3. The zero-order valence-electron chi connectivity index (χ0n) is 10.6. The van der Waals surface area contributed by atoms with E-state index in [-0.39, 0.29) is 11.5 Å². The van der Waals surface area contributed by atoms with Gasteiger partial charge >= 0.3 is 0 Å². The molecule has 0 bridgehead atoms. The van der Waals surface area contributed by atoms with Crippen molar-refractivity contribution in [3.05, 3.63) is 44.8 Å². The Bertz CT molecular complexity index is 686. The lowest BCUT2D eigenvalue weighted by molar-refractivity contribution is 0.285. The number of aliphatic hydroxyl groups is 1. The number of nitrogens with one attached hydrogen (secondary N) is 1. The fourth-order valence-electron chi connectivity index (χ4n) is 1.66. The van der Waals surface area contributed by atoms with Crippen LogP contribution in [0.5, 0.6) is 0 Å². The molecule has 2 N–H and O–H groups in total. The molecule has 0 aliphatic heterocycles. The first-order valence-corrected chi connectivity index (χ1v) is 8.84. The Hall–Kier alpha value is -0.800. The molecule has 0 aliphatic rings. The van der Waals surface area contributed by atoms with Crippen LogP contribution in [-0.4, -0.2) is 18.5 Å². The smallest absolute Gasteiger partial charge is 0.243 e. The Kier molecular flexibility index (Phi) is 4.92. The van der Waals surface area contributed by atoms with Crippen molar-refractivity contribution < 1.29 is 13.5 Å². The number of halogens is 1. The summed E-state index contributed by atoms with van der Waals surface area (Å²) in [5, 5.41) is 9.07. The van der Waals surface area contributed by atoms with Crippen LogP contribution in [0.4, 0.5) is 0 Å². The second kappa shape index (κ2) is 6.31. The maximum absolute atomic E-state index is 12.3. The highest BCUT2D eigenvalue weighted by Gasteiger charge is 2.23. The van der Waals surface area contributed by atoms with Gasteiger partial charge < -0.3 is 5.11 Å². The lowest BCUT2D eigenvalue weighted by Gasteiger charge is -2.13. The van der Waals surface area contributed by atoms with Crippen LogP contribution >= 0.6 is 27.3 Å². The second-order valence-corrected chi connectivity index (χ2v) is 8.28. The van der Waals surface area contributed by atoms with Crippen LogP contribution in [0.3, 0.4) is 0 Å². The van der Waals surface area contributed by atoms with Crippen LogP contribution in [0.1, 0.15) is 23.4 Å². The third-order valence-corrected chi connectivity index (χ3v) is 6.45. The summed E-state index contributed by atoms with van der Waals surface area (Å²) in [5.41, 5.74) is 0.782. The first-order valence-electron chi connectivity index (χ1n) is 5.75. The molecule has 5 nitrogen and oxygen atoms in total. The Morgan fingerprint density at radius 2 is 2.30 bits per heavy atom. The quantitative estimate of drug-likeness (QED) is 0.839. The highest BCUT2D eigenvalue weighted by Crippen LogP contribution is 2.32. The summed E-state index contributed by atoms with van der Waals surface area (Å²) in [5.74, 6) is 0. The molecule has 1 unspecified atom stereocenters. The summed E-state index contributed by atoms with van der Waals surface area (Å²) < 4.78 is 27.7. The van der Waals surface area contributed by atoms with Crippen molar-refractivity contribution in [1.82, 2.24) is 9.71 Å². The first-order chi connectivity index (χ1) is 9.44. The summed E-state index contributed by atoms with van der Waals surface area (Å²) in [4.78, 5) is 4.70. The van der Waals surface area contributed by atoms with Gasteiger partial charge in [-0.3, -0.25) is 4.98 Å². The summed E-state index contributed by atoms with van der Waals surface area (Å²) in [7, 11) is -3.65. The third kappa shape index (κ3) is 3.44. The van der Waals surface area contributed by atoms with Crippen molar-refractivity contribution in [3.63, 3.8) is 0 Å². The average Bonchev–Trinajstić information content (AvgIpc) is 2.81. The SMILES string of the molecule is CC(NS(=O)(=O)c1cc(CO)sc1Br)c1cccnc1. The van der Waals surface area contributed by atoms with Gasteiger partial charge in [-0.25, -0.2) is 13.1 Å². The van der Waals surface area contributed by atoms with E-state index in [1.807, 2.05) is 6.07 Å². The van der Waals surface area contributed by atoms with Crippen molar-refractivity contribution >= 4 is 37.3 Å². The van der Waals surface area contributed by atoms with Crippen LogP contribution in [0.25, 0.3) is 0 Å². The van der Waals surface area contributed by atoms with Gasteiger partial charge in [0.05, 0.1) is 10.4 Å². The molecular formula is C12H13BrN2O3S2. The van der Waals surface area contributed by atoms with Crippen molar-refractivity contribution in [2.45, 2.75) is 24.5 Å². The number of nitrogens with zero attached hydrogens (tertiary/aromatic N) is 1. The van der Waals surface area contributed by atoms with Crippen LogP contribution in [-0.2, 0) is 16.6 Å². The Labute approximate surface area is 129 Å². The number of pyridine rings is 1. The van der Waals surface area contributed by atoms with Crippen molar-refractivity contribution in [3.8, 4) is 0 Å². The molecule has 20 heavy (non-hydrogen) atoms. The van der Waals surface area contributed by atoms with Crippen molar-refractivity contribution in [2.75, 3.05) is 0 Å². The number of thiophene rings is 1. The lowest BCUT2D eigenvalue weighted by Crippen LogP contribution is -2.26. The van der Waals surface area contributed by atoms with Gasteiger partial charge in [0.1, 0.15) is 4.90 Å². The van der Waals surface area contributed by atoms with Gasteiger partial charge in [-0.15, -0.1) is 11.3 Å². The predicted molar refractivity (Wildman–Crippen MR) is 80.9 cm³/mol. The largest absolute Gasteiger partial charge is 0.391 e. The van der Waals surface area contributed by atoms with Gasteiger partial charge in [0.2, 0.25) is 10.0 Å². The highest BCUT2D eigenvalue weighted by atomic mass is 79.9. The molecule has 2 heterocycles. The molecule has 0 amide bonds. The standard InChI is InChI=1S/C12H13BrN2O3S2/c1-8(9-3-2-4-14-6-9)15-20(17,18)11-5-10(7-16)19-12(11)13/h2-6,8,15-16H,7H2,1H3. The van der Waals surface area contributed by atoms with Gasteiger partial charge in [0.15, 0.2) is 0 Å². The Morgan fingerprint density at radius 1 is 1.55 bits per heavy atom. The minimum absolute atomic E-state index is 0.141. The summed E-state index contributed by atoms with van der Waals surface area (Å²) in [6.45, 7) is 1.57. The molecule has 2 rings (SSSR count).